The van der Waals surface area contributed by atoms with E-state index in [2.05, 4.69) is 10.6 Å². The number of benzene rings is 1. The average molecular weight is 301 g/mol. The van der Waals surface area contributed by atoms with E-state index in [0.29, 0.717) is 12.1 Å². The predicted molar refractivity (Wildman–Crippen MR) is 77.7 cm³/mol. The van der Waals surface area contributed by atoms with Crippen LogP contribution in [-0.4, -0.2) is 22.1 Å². The van der Waals surface area contributed by atoms with Gasteiger partial charge in [0.1, 0.15) is 0 Å². The standard InChI is InChI=1S/C12H13ClN2O3S/c1-2-3-10(16)15-12(19)14-7-4-5-9(13)8(6-7)11(17)18/h4-6H,2-3H2,1H3,(H,17,18)(H2,14,15,16,19). The summed E-state index contributed by atoms with van der Waals surface area (Å²) in [6.45, 7) is 1.88. The number of hydrogen-bond acceptors (Lipinski definition) is 3. The lowest BCUT2D eigenvalue weighted by atomic mass is 10.2. The smallest absolute Gasteiger partial charge is 0.337 e. The zero-order chi connectivity index (χ0) is 14.4. The number of halogens is 1. The van der Waals surface area contributed by atoms with E-state index in [9.17, 15) is 9.59 Å². The summed E-state index contributed by atoms with van der Waals surface area (Å²) in [7, 11) is 0. The molecule has 19 heavy (non-hydrogen) atoms. The Morgan fingerprint density at radius 3 is 2.68 bits per heavy atom. The van der Waals surface area contributed by atoms with E-state index in [-0.39, 0.29) is 21.6 Å². The Balaban J connectivity index is 2.72. The highest BCUT2D eigenvalue weighted by Crippen LogP contribution is 2.20. The van der Waals surface area contributed by atoms with Gasteiger partial charge in [0.15, 0.2) is 5.11 Å². The van der Waals surface area contributed by atoms with E-state index in [0.717, 1.165) is 6.42 Å². The first-order chi connectivity index (χ1) is 8.93. The minimum Gasteiger partial charge on any atom is -0.478 e. The summed E-state index contributed by atoms with van der Waals surface area (Å²) >= 11 is 10.7. The Labute approximate surface area is 121 Å². The van der Waals surface area contributed by atoms with Gasteiger partial charge in [-0.05, 0) is 36.8 Å². The lowest BCUT2D eigenvalue weighted by Crippen LogP contribution is -2.33. The Bertz CT molecular complexity index is 520. The lowest BCUT2D eigenvalue weighted by Gasteiger charge is -2.10. The van der Waals surface area contributed by atoms with Gasteiger partial charge >= 0.3 is 5.97 Å². The highest BCUT2D eigenvalue weighted by molar-refractivity contribution is 7.80. The zero-order valence-corrected chi connectivity index (χ0v) is 11.8. The monoisotopic (exact) mass is 300 g/mol. The van der Waals surface area contributed by atoms with E-state index < -0.39 is 5.97 Å². The predicted octanol–water partition coefficient (Wildman–Crippen LogP) is 2.65. The molecular weight excluding hydrogens is 288 g/mol. The third kappa shape index (κ3) is 4.84. The Morgan fingerprint density at radius 1 is 1.42 bits per heavy atom. The van der Waals surface area contributed by atoms with Gasteiger partial charge in [-0.25, -0.2) is 4.79 Å². The number of carbonyl (C=O) groups excluding carboxylic acids is 1. The van der Waals surface area contributed by atoms with Gasteiger partial charge in [0.05, 0.1) is 10.6 Å². The molecule has 0 aliphatic carbocycles. The number of carboxylic acid groups (broad SMARTS) is 1. The van der Waals surface area contributed by atoms with Crippen molar-refractivity contribution >= 4 is 46.5 Å². The SMILES string of the molecule is CCCC(=O)NC(=S)Nc1ccc(Cl)c(C(=O)O)c1. The summed E-state index contributed by atoms with van der Waals surface area (Å²) in [5, 5.41) is 14.4. The number of hydrogen-bond donors (Lipinski definition) is 3. The highest BCUT2D eigenvalue weighted by atomic mass is 35.5. The van der Waals surface area contributed by atoms with Crippen molar-refractivity contribution in [3.8, 4) is 0 Å². The van der Waals surface area contributed by atoms with Crippen molar-refractivity contribution in [3.63, 3.8) is 0 Å². The van der Waals surface area contributed by atoms with Crippen LogP contribution in [0.5, 0.6) is 0 Å². The van der Waals surface area contributed by atoms with Crippen LogP contribution in [0.4, 0.5) is 5.69 Å². The van der Waals surface area contributed by atoms with Gasteiger partial charge in [-0.1, -0.05) is 18.5 Å². The van der Waals surface area contributed by atoms with E-state index in [1.807, 2.05) is 6.92 Å². The Hall–Kier alpha value is -1.66. The van der Waals surface area contributed by atoms with Gasteiger partial charge in [0, 0.05) is 12.1 Å². The molecule has 0 radical (unpaired) electrons. The molecule has 1 rings (SSSR count). The van der Waals surface area contributed by atoms with Gasteiger partial charge in [0.25, 0.3) is 0 Å². The third-order valence-electron chi connectivity index (χ3n) is 2.18. The molecule has 102 valence electrons. The number of thiocarbonyl (C=S) groups is 1. The number of amides is 1. The molecule has 1 aromatic carbocycles. The average Bonchev–Trinajstić information content (AvgIpc) is 2.31. The molecule has 5 nitrogen and oxygen atoms in total. The summed E-state index contributed by atoms with van der Waals surface area (Å²) in [5.74, 6) is -1.32. The van der Waals surface area contributed by atoms with Crippen molar-refractivity contribution in [3.05, 3.63) is 28.8 Å². The molecule has 0 aliphatic rings. The minimum atomic E-state index is -1.13. The van der Waals surface area contributed by atoms with Crippen LogP contribution in [0.3, 0.4) is 0 Å². The molecule has 0 fully saturated rings. The van der Waals surface area contributed by atoms with Gasteiger partial charge in [-0.15, -0.1) is 0 Å². The third-order valence-corrected chi connectivity index (χ3v) is 2.72. The molecule has 0 unspecified atom stereocenters. The number of carboxylic acids is 1. The molecule has 0 bridgehead atoms. The number of aromatic carboxylic acids is 1. The summed E-state index contributed by atoms with van der Waals surface area (Å²) in [4.78, 5) is 22.2. The molecule has 0 spiro atoms. The first-order valence-corrected chi connectivity index (χ1v) is 6.36. The fourth-order valence-corrected chi connectivity index (χ4v) is 1.78. The van der Waals surface area contributed by atoms with Crippen LogP contribution >= 0.6 is 23.8 Å². The topological polar surface area (TPSA) is 78.4 Å². The second kappa shape index (κ2) is 7.06. The van der Waals surface area contributed by atoms with Gasteiger partial charge < -0.3 is 15.7 Å². The van der Waals surface area contributed by atoms with Crippen molar-refractivity contribution in [2.45, 2.75) is 19.8 Å². The normalized spacial score (nSPS) is 9.79. The van der Waals surface area contributed by atoms with Gasteiger partial charge in [-0.3, -0.25) is 4.79 Å². The van der Waals surface area contributed by atoms with Crippen molar-refractivity contribution in [2.75, 3.05) is 5.32 Å². The molecule has 7 heteroatoms. The lowest BCUT2D eigenvalue weighted by molar-refractivity contribution is -0.119. The number of rotatable bonds is 4. The summed E-state index contributed by atoms with van der Waals surface area (Å²) in [6, 6.07) is 4.37. The van der Waals surface area contributed by atoms with Crippen molar-refractivity contribution in [1.29, 1.82) is 0 Å². The maximum absolute atomic E-state index is 11.3. The number of anilines is 1. The maximum atomic E-state index is 11.3. The van der Waals surface area contributed by atoms with E-state index >= 15 is 0 Å². The quantitative estimate of drug-likeness (QED) is 0.745. The first-order valence-electron chi connectivity index (χ1n) is 5.57. The largest absolute Gasteiger partial charge is 0.478 e. The van der Waals surface area contributed by atoms with Crippen LogP contribution in [0.15, 0.2) is 18.2 Å². The zero-order valence-electron chi connectivity index (χ0n) is 10.2. The van der Waals surface area contributed by atoms with Crippen LogP contribution in [0.25, 0.3) is 0 Å². The molecule has 0 aliphatic heterocycles. The maximum Gasteiger partial charge on any atom is 0.337 e. The first kappa shape index (κ1) is 15.4. The molecule has 0 saturated carbocycles. The van der Waals surface area contributed by atoms with Crippen LogP contribution in [0.2, 0.25) is 5.02 Å². The van der Waals surface area contributed by atoms with Gasteiger partial charge in [-0.2, -0.15) is 0 Å². The van der Waals surface area contributed by atoms with E-state index in [1.54, 1.807) is 6.07 Å². The fourth-order valence-electron chi connectivity index (χ4n) is 1.35. The Kier molecular flexibility index (Phi) is 5.72. The van der Waals surface area contributed by atoms with Crippen molar-refractivity contribution in [2.24, 2.45) is 0 Å². The van der Waals surface area contributed by atoms with Crippen LogP contribution in [-0.2, 0) is 4.79 Å². The van der Waals surface area contributed by atoms with E-state index in [4.69, 9.17) is 28.9 Å². The van der Waals surface area contributed by atoms with E-state index in [1.165, 1.54) is 12.1 Å². The highest BCUT2D eigenvalue weighted by Gasteiger charge is 2.10. The molecule has 0 atom stereocenters. The fraction of sp³-hybridized carbons (Fsp3) is 0.250. The van der Waals surface area contributed by atoms with Crippen LogP contribution in [0.1, 0.15) is 30.1 Å². The van der Waals surface area contributed by atoms with Crippen molar-refractivity contribution in [1.82, 2.24) is 5.32 Å². The number of carbonyl (C=O) groups is 2. The summed E-state index contributed by atoms with van der Waals surface area (Å²) in [5.41, 5.74) is 0.415. The molecule has 0 heterocycles. The molecule has 0 saturated heterocycles. The van der Waals surface area contributed by atoms with Crippen LogP contribution in [0, 0.1) is 0 Å². The molecule has 3 N–H and O–H groups in total. The van der Waals surface area contributed by atoms with Gasteiger partial charge in [0.2, 0.25) is 5.91 Å². The second-order valence-electron chi connectivity index (χ2n) is 3.75. The Morgan fingerprint density at radius 2 is 2.11 bits per heavy atom. The van der Waals surface area contributed by atoms with Crippen LogP contribution < -0.4 is 10.6 Å². The minimum absolute atomic E-state index is 0.0330. The second-order valence-corrected chi connectivity index (χ2v) is 4.57. The molecule has 1 amide bonds. The summed E-state index contributed by atoms with van der Waals surface area (Å²) in [6.07, 6.45) is 1.10. The summed E-state index contributed by atoms with van der Waals surface area (Å²) < 4.78 is 0. The number of nitrogens with one attached hydrogen (secondary N) is 2. The van der Waals surface area contributed by atoms with Crippen molar-refractivity contribution < 1.29 is 14.7 Å². The molecular formula is C12H13ClN2O3S. The molecule has 1 aromatic rings. The molecule has 0 aromatic heterocycles.